The predicted octanol–water partition coefficient (Wildman–Crippen LogP) is 3.45. The maximum Gasteiger partial charge on any atom is 0.0541 e. The molecule has 1 aromatic rings. The van der Waals surface area contributed by atoms with E-state index in [1.165, 1.54) is 37.7 Å². The van der Waals surface area contributed by atoms with Crippen molar-refractivity contribution in [3.63, 3.8) is 0 Å². The van der Waals surface area contributed by atoms with Crippen LogP contribution in [0.4, 0.5) is 0 Å². The highest BCUT2D eigenvalue weighted by molar-refractivity contribution is 5.12. The van der Waals surface area contributed by atoms with Gasteiger partial charge in [-0.15, -0.1) is 0 Å². The highest BCUT2D eigenvalue weighted by atomic mass is 14.9. The van der Waals surface area contributed by atoms with E-state index >= 15 is 0 Å². The van der Waals surface area contributed by atoms with E-state index in [0.717, 1.165) is 18.2 Å². The second-order valence-corrected chi connectivity index (χ2v) is 5.39. The molecule has 0 aliphatic heterocycles. The van der Waals surface area contributed by atoms with Crippen molar-refractivity contribution in [2.24, 2.45) is 5.92 Å². The molecule has 1 fully saturated rings. The molecule has 0 radical (unpaired) electrons. The fraction of sp³-hybridized carbons (Fsp3) is 0.667. The molecule has 0 saturated heterocycles. The van der Waals surface area contributed by atoms with E-state index in [4.69, 9.17) is 0 Å². The van der Waals surface area contributed by atoms with Crippen LogP contribution < -0.4 is 5.32 Å². The summed E-state index contributed by atoms with van der Waals surface area (Å²) in [4.78, 5) is 4.43. The maximum atomic E-state index is 4.43. The summed E-state index contributed by atoms with van der Waals surface area (Å²) in [7, 11) is 0. The van der Waals surface area contributed by atoms with Crippen molar-refractivity contribution in [3.8, 4) is 0 Å². The molecule has 1 atom stereocenters. The maximum absolute atomic E-state index is 4.43. The van der Waals surface area contributed by atoms with Crippen LogP contribution in [0.1, 0.15) is 50.3 Å². The van der Waals surface area contributed by atoms with Crippen molar-refractivity contribution in [1.29, 1.82) is 0 Å². The molecule has 0 amide bonds. The van der Waals surface area contributed by atoms with Gasteiger partial charge in [0.2, 0.25) is 0 Å². The first-order valence-electron chi connectivity index (χ1n) is 6.90. The molecular weight excluding hydrogens is 208 g/mol. The molecule has 17 heavy (non-hydrogen) atoms. The van der Waals surface area contributed by atoms with Crippen LogP contribution in [0.25, 0.3) is 0 Å². The lowest BCUT2D eigenvalue weighted by atomic mass is 9.84. The number of aromatic nitrogens is 1. The lowest BCUT2D eigenvalue weighted by Crippen LogP contribution is -2.34. The molecule has 0 aromatic carbocycles. The smallest absolute Gasteiger partial charge is 0.0541 e. The highest BCUT2D eigenvalue weighted by Crippen LogP contribution is 2.26. The fourth-order valence-corrected chi connectivity index (χ4v) is 2.67. The van der Waals surface area contributed by atoms with Crippen LogP contribution in [0.3, 0.4) is 0 Å². The first-order chi connectivity index (χ1) is 8.25. The summed E-state index contributed by atoms with van der Waals surface area (Å²) in [5.74, 6) is 0.870. The van der Waals surface area contributed by atoms with Crippen molar-refractivity contribution in [2.75, 3.05) is 0 Å². The van der Waals surface area contributed by atoms with Crippen LogP contribution in [0.15, 0.2) is 18.3 Å². The molecule has 1 aromatic heterocycles. The number of aryl methyl sites for hydroxylation is 1. The highest BCUT2D eigenvalue weighted by Gasteiger charge is 2.19. The zero-order valence-corrected chi connectivity index (χ0v) is 11.1. The molecule has 1 aliphatic rings. The van der Waals surface area contributed by atoms with Crippen molar-refractivity contribution in [3.05, 3.63) is 29.6 Å². The van der Waals surface area contributed by atoms with Crippen LogP contribution in [0.2, 0.25) is 0 Å². The van der Waals surface area contributed by atoms with E-state index in [2.05, 4.69) is 36.3 Å². The van der Waals surface area contributed by atoms with Crippen molar-refractivity contribution >= 4 is 0 Å². The Morgan fingerprint density at radius 3 is 2.71 bits per heavy atom. The van der Waals surface area contributed by atoms with Crippen molar-refractivity contribution < 1.29 is 0 Å². The van der Waals surface area contributed by atoms with Gasteiger partial charge in [0.25, 0.3) is 0 Å². The first kappa shape index (κ1) is 12.6. The van der Waals surface area contributed by atoms with E-state index < -0.39 is 0 Å². The monoisotopic (exact) mass is 232 g/mol. The van der Waals surface area contributed by atoms with Crippen LogP contribution in [0.5, 0.6) is 0 Å². The topological polar surface area (TPSA) is 24.9 Å². The number of nitrogens with one attached hydrogen (secondary N) is 1. The van der Waals surface area contributed by atoms with E-state index in [0.29, 0.717) is 6.04 Å². The largest absolute Gasteiger partial charge is 0.308 e. The standard InChI is InChI=1S/C15H24N2/c1-12-8-9-15(17-10-12)11-16-13(2)14-6-4-3-5-7-14/h8-10,13-14,16H,3-7,11H2,1-2H3. The molecule has 0 spiro atoms. The summed E-state index contributed by atoms with van der Waals surface area (Å²) in [6, 6.07) is 4.88. The summed E-state index contributed by atoms with van der Waals surface area (Å²) < 4.78 is 0. The molecule has 0 bridgehead atoms. The minimum absolute atomic E-state index is 0.624. The van der Waals surface area contributed by atoms with E-state index in [1.54, 1.807) is 0 Å². The number of pyridine rings is 1. The Morgan fingerprint density at radius 1 is 1.29 bits per heavy atom. The van der Waals surface area contributed by atoms with Gasteiger partial charge in [0.1, 0.15) is 0 Å². The normalized spacial score (nSPS) is 19.2. The second-order valence-electron chi connectivity index (χ2n) is 5.39. The van der Waals surface area contributed by atoms with Gasteiger partial charge in [0, 0.05) is 18.8 Å². The van der Waals surface area contributed by atoms with Gasteiger partial charge in [0.15, 0.2) is 0 Å². The summed E-state index contributed by atoms with van der Waals surface area (Å²) in [5, 5.41) is 3.63. The molecule has 1 heterocycles. The Bertz CT molecular complexity index is 325. The molecule has 2 heteroatoms. The zero-order valence-electron chi connectivity index (χ0n) is 11.1. The number of hydrogen-bond acceptors (Lipinski definition) is 2. The van der Waals surface area contributed by atoms with Gasteiger partial charge in [-0.1, -0.05) is 25.3 Å². The average Bonchev–Trinajstić information content (AvgIpc) is 2.39. The van der Waals surface area contributed by atoms with Gasteiger partial charge in [-0.3, -0.25) is 4.98 Å². The predicted molar refractivity (Wildman–Crippen MR) is 71.9 cm³/mol. The zero-order chi connectivity index (χ0) is 12.1. The molecular formula is C15H24N2. The third-order valence-corrected chi connectivity index (χ3v) is 3.93. The Morgan fingerprint density at radius 2 is 2.06 bits per heavy atom. The van der Waals surface area contributed by atoms with Gasteiger partial charge in [0.05, 0.1) is 5.69 Å². The average molecular weight is 232 g/mol. The Balaban J connectivity index is 1.78. The van der Waals surface area contributed by atoms with Gasteiger partial charge in [-0.25, -0.2) is 0 Å². The lowest BCUT2D eigenvalue weighted by Gasteiger charge is -2.28. The Kier molecular flexibility index (Phi) is 4.55. The van der Waals surface area contributed by atoms with Crippen molar-refractivity contribution in [1.82, 2.24) is 10.3 Å². The van der Waals surface area contributed by atoms with Crippen LogP contribution in [-0.4, -0.2) is 11.0 Å². The van der Waals surface area contributed by atoms with E-state index in [-0.39, 0.29) is 0 Å². The van der Waals surface area contributed by atoms with Crippen LogP contribution >= 0.6 is 0 Å². The summed E-state index contributed by atoms with van der Waals surface area (Å²) in [6.07, 6.45) is 9.01. The van der Waals surface area contributed by atoms with Gasteiger partial charge in [-0.05, 0) is 44.2 Å². The third-order valence-electron chi connectivity index (χ3n) is 3.93. The SMILES string of the molecule is Cc1ccc(CNC(C)C2CCCCC2)nc1. The third kappa shape index (κ3) is 3.81. The Hall–Kier alpha value is -0.890. The minimum atomic E-state index is 0.624. The van der Waals surface area contributed by atoms with Gasteiger partial charge >= 0.3 is 0 Å². The van der Waals surface area contributed by atoms with Crippen LogP contribution in [-0.2, 0) is 6.54 Å². The summed E-state index contributed by atoms with van der Waals surface area (Å²) in [6.45, 7) is 5.30. The lowest BCUT2D eigenvalue weighted by molar-refractivity contribution is 0.280. The van der Waals surface area contributed by atoms with Gasteiger partial charge in [-0.2, -0.15) is 0 Å². The van der Waals surface area contributed by atoms with E-state index in [1.807, 2.05) is 6.20 Å². The molecule has 1 aliphatic carbocycles. The molecule has 1 N–H and O–H groups in total. The molecule has 2 rings (SSSR count). The first-order valence-corrected chi connectivity index (χ1v) is 6.90. The van der Waals surface area contributed by atoms with Crippen LogP contribution in [0, 0.1) is 12.8 Å². The number of nitrogens with zero attached hydrogens (tertiary/aromatic N) is 1. The van der Waals surface area contributed by atoms with Gasteiger partial charge < -0.3 is 5.32 Å². The molecule has 2 nitrogen and oxygen atoms in total. The second kappa shape index (κ2) is 6.15. The summed E-state index contributed by atoms with van der Waals surface area (Å²) in [5.41, 5.74) is 2.38. The number of hydrogen-bond donors (Lipinski definition) is 1. The van der Waals surface area contributed by atoms with Crippen molar-refractivity contribution in [2.45, 2.75) is 58.5 Å². The Labute approximate surface area is 105 Å². The van der Waals surface area contributed by atoms with E-state index in [9.17, 15) is 0 Å². The number of rotatable bonds is 4. The quantitative estimate of drug-likeness (QED) is 0.860. The molecule has 1 unspecified atom stereocenters. The fourth-order valence-electron chi connectivity index (χ4n) is 2.67. The molecule has 1 saturated carbocycles. The summed E-state index contributed by atoms with van der Waals surface area (Å²) >= 11 is 0. The molecule has 94 valence electrons. The minimum Gasteiger partial charge on any atom is -0.308 e.